The van der Waals surface area contributed by atoms with E-state index in [1.165, 1.54) is 0 Å². The van der Waals surface area contributed by atoms with Gasteiger partial charge in [0.15, 0.2) is 0 Å². The van der Waals surface area contributed by atoms with Gasteiger partial charge in [0.25, 0.3) is 0 Å². The molecule has 0 aromatic rings. The summed E-state index contributed by atoms with van der Waals surface area (Å²) in [6.45, 7) is 1.72. The van der Waals surface area contributed by atoms with Gasteiger partial charge in [0.05, 0.1) is 0 Å². The van der Waals surface area contributed by atoms with Crippen LogP contribution in [0.4, 0.5) is 4.79 Å². The molecular formula is C9H16N2O4S. The maximum atomic E-state index is 11.4. The van der Waals surface area contributed by atoms with E-state index < -0.39 is 28.3 Å². The first-order valence-electron chi connectivity index (χ1n) is 4.98. The number of amides is 2. The quantitative estimate of drug-likeness (QED) is 0.621. The van der Waals surface area contributed by atoms with E-state index in [2.05, 4.69) is 10.6 Å². The molecule has 0 aromatic heterocycles. The Kier molecular flexibility index (Phi) is 3.90. The van der Waals surface area contributed by atoms with Gasteiger partial charge in [0, 0.05) is 28.9 Å². The topological polar surface area (TPSA) is 95.5 Å². The van der Waals surface area contributed by atoms with Crippen LogP contribution in [0.1, 0.15) is 19.8 Å². The Morgan fingerprint density at radius 1 is 1.50 bits per heavy atom. The zero-order valence-electron chi connectivity index (χ0n) is 9.28. The SMILES string of the molecule is CC(CS(C)=O)NC(=O)NC1(C(=O)O)CC1. The Labute approximate surface area is 96.2 Å². The highest BCUT2D eigenvalue weighted by atomic mass is 32.2. The lowest BCUT2D eigenvalue weighted by atomic mass is 10.3. The summed E-state index contributed by atoms with van der Waals surface area (Å²) < 4.78 is 10.9. The molecule has 0 radical (unpaired) electrons. The van der Waals surface area contributed by atoms with Crippen molar-refractivity contribution in [3.05, 3.63) is 0 Å². The lowest BCUT2D eigenvalue weighted by molar-refractivity contribution is -0.140. The maximum Gasteiger partial charge on any atom is 0.329 e. The number of hydrogen-bond donors (Lipinski definition) is 3. The van der Waals surface area contributed by atoms with Gasteiger partial charge < -0.3 is 15.7 Å². The summed E-state index contributed by atoms with van der Waals surface area (Å²) in [5.41, 5.74) is -1.07. The second-order valence-corrected chi connectivity index (χ2v) is 5.61. The van der Waals surface area contributed by atoms with Gasteiger partial charge in [0.1, 0.15) is 5.54 Å². The number of carboxylic acid groups (broad SMARTS) is 1. The molecule has 1 aliphatic carbocycles. The summed E-state index contributed by atoms with van der Waals surface area (Å²) in [6, 6.07) is -0.756. The molecule has 0 aliphatic heterocycles. The average molecular weight is 248 g/mol. The highest BCUT2D eigenvalue weighted by molar-refractivity contribution is 7.84. The number of carbonyl (C=O) groups excluding carboxylic acids is 1. The Morgan fingerprint density at radius 3 is 2.44 bits per heavy atom. The Bertz CT molecular complexity index is 327. The number of carboxylic acids is 1. The fourth-order valence-electron chi connectivity index (χ4n) is 1.39. The lowest BCUT2D eigenvalue weighted by Crippen LogP contribution is -2.50. The normalized spacial score (nSPS) is 20.6. The third kappa shape index (κ3) is 3.48. The molecule has 3 N–H and O–H groups in total. The standard InChI is InChI=1S/C9H16N2O4S/c1-6(5-16(2)15)10-8(14)11-9(3-4-9)7(12)13/h6H,3-5H2,1-2H3,(H,12,13)(H2,10,11,14). The molecular weight excluding hydrogens is 232 g/mol. The molecule has 7 heteroatoms. The minimum Gasteiger partial charge on any atom is -0.480 e. The molecule has 0 heterocycles. The first-order chi connectivity index (χ1) is 7.35. The van der Waals surface area contributed by atoms with Crippen molar-refractivity contribution < 1.29 is 18.9 Å². The van der Waals surface area contributed by atoms with Gasteiger partial charge in [-0.3, -0.25) is 4.21 Å². The van der Waals surface area contributed by atoms with Gasteiger partial charge in [-0.15, -0.1) is 0 Å². The minimum absolute atomic E-state index is 0.240. The highest BCUT2D eigenvalue weighted by Crippen LogP contribution is 2.35. The van der Waals surface area contributed by atoms with Crippen LogP contribution in [0.2, 0.25) is 0 Å². The van der Waals surface area contributed by atoms with Gasteiger partial charge in [0.2, 0.25) is 0 Å². The molecule has 1 saturated carbocycles. The molecule has 0 aromatic carbocycles. The van der Waals surface area contributed by atoms with E-state index >= 15 is 0 Å². The second-order valence-electron chi connectivity index (χ2n) is 4.13. The molecule has 1 fully saturated rings. The van der Waals surface area contributed by atoms with E-state index in [0.29, 0.717) is 18.6 Å². The molecule has 0 bridgehead atoms. The van der Waals surface area contributed by atoms with Crippen LogP contribution in [0.25, 0.3) is 0 Å². The van der Waals surface area contributed by atoms with Crippen molar-refractivity contribution in [3.63, 3.8) is 0 Å². The summed E-state index contributed by atoms with van der Waals surface area (Å²) in [5.74, 6) is -0.651. The fourth-order valence-corrected chi connectivity index (χ4v) is 2.18. The Morgan fingerprint density at radius 2 is 2.06 bits per heavy atom. The molecule has 2 amide bonds. The number of hydrogen-bond acceptors (Lipinski definition) is 3. The number of carbonyl (C=O) groups is 2. The van der Waals surface area contributed by atoms with Crippen LogP contribution in [0.3, 0.4) is 0 Å². The van der Waals surface area contributed by atoms with Crippen molar-refractivity contribution >= 4 is 22.8 Å². The van der Waals surface area contributed by atoms with Crippen LogP contribution in [-0.4, -0.2) is 44.9 Å². The molecule has 6 nitrogen and oxygen atoms in total. The van der Waals surface area contributed by atoms with Crippen molar-refractivity contribution in [2.45, 2.75) is 31.3 Å². The number of rotatable bonds is 5. The Balaban J connectivity index is 2.36. The number of urea groups is 1. The molecule has 92 valence electrons. The van der Waals surface area contributed by atoms with Gasteiger partial charge in [-0.25, -0.2) is 9.59 Å². The van der Waals surface area contributed by atoms with Crippen LogP contribution in [0.5, 0.6) is 0 Å². The molecule has 0 spiro atoms. The van der Waals surface area contributed by atoms with Crippen molar-refractivity contribution in [1.82, 2.24) is 10.6 Å². The van der Waals surface area contributed by atoms with E-state index in [0.717, 1.165) is 0 Å². The van der Waals surface area contributed by atoms with E-state index in [4.69, 9.17) is 5.11 Å². The summed E-state index contributed by atoms with van der Waals surface area (Å²) in [6.07, 6.45) is 2.48. The van der Waals surface area contributed by atoms with Crippen LogP contribution >= 0.6 is 0 Å². The Hall–Kier alpha value is -1.11. The largest absolute Gasteiger partial charge is 0.480 e. The highest BCUT2D eigenvalue weighted by Gasteiger charge is 2.51. The fraction of sp³-hybridized carbons (Fsp3) is 0.778. The summed E-state index contributed by atoms with van der Waals surface area (Å²) in [7, 11) is -0.987. The van der Waals surface area contributed by atoms with Gasteiger partial charge in [-0.1, -0.05) is 0 Å². The van der Waals surface area contributed by atoms with E-state index in [1.54, 1.807) is 13.2 Å². The molecule has 0 saturated heterocycles. The zero-order chi connectivity index (χ0) is 12.3. The van der Waals surface area contributed by atoms with Gasteiger partial charge in [-0.2, -0.15) is 0 Å². The molecule has 1 rings (SSSR count). The first-order valence-corrected chi connectivity index (χ1v) is 6.70. The molecule has 2 atom stereocenters. The second kappa shape index (κ2) is 4.82. The van der Waals surface area contributed by atoms with Crippen molar-refractivity contribution in [2.24, 2.45) is 0 Å². The van der Waals surface area contributed by atoms with Gasteiger partial charge >= 0.3 is 12.0 Å². The van der Waals surface area contributed by atoms with Crippen molar-refractivity contribution in [2.75, 3.05) is 12.0 Å². The predicted molar refractivity (Wildman–Crippen MR) is 59.7 cm³/mol. The van der Waals surface area contributed by atoms with Crippen molar-refractivity contribution in [1.29, 1.82) is 0 Å². The molecule has 2 unspecified atom stereocenters. The lowest BCUT2D eigenvalue weighted by Gasteiger charge is -2.16. The van der Waals surface area contributed by atoms with E-state index in [-0.39, 0.29) is 6.04 Å². The summed E-state index contributed by atoms with van der Waals surface area (Å²) in [4.78, 5) is 22.2. The number of nitrogens with one attached hydrogen (secondary N) is 2. The van der Waals surface area contributed by atoms with E-state index in [9.17, 15) is 13.8 Å². The molecule has 16 heavy (non-hydrogen) atoms. The molecule has 1 aliphatic rings. The monoisotopic (exact) mass is 248 g/mol. The van der Waals surface area contributed by atoms with Crippen LogP contribution < -0.4 is 10.6 Å². The third-order valence-electron chi connectivity index (χ3n) is 2.37. The van der Waals surface area contributed by atoms with Crippen LogP contribution in [0.15, 0.2) is 0 Å². The van der Waals surface area contributed by atoms with Crippen LogP contribution in [0, 0.1) is 0 Å². The first kappa shape index (κ1) is 13.0. The number of aliphatic carboxylic acids is 1. The van der Waals surface area contributed by atoms with Crippen LogP contribution in [-0.2, 0) is 15.6 Å². The van der Waals surface area contributed by atoms with Gasteiger partial charge in [-0.05, 0) is 19.8 Å². The zero-order valence-corrected chi connectivity index (χ0v) is 10.1. The third-order valence-corrected chi connectivity index (χ3v) is 3.34. The van der Waals surface area contributed by atoms with Crippen molar-refractivity contribution in [3.8, 4) is 0 Å². The average Bonchev–Trinajstić information content (AvgIpc) is 2.82. The summed E-state index contributed by atoms with van der Waals surface area (Å²) >= 11 is 0. The smallest absolute Gasteiger partial charge is 0.329 e. The minimum atomic E-state index is -1.07. The summed E-state index contributed by atoms with van der Waals surface area (Å²) in [5, 5.41) is 13.8. The van der Waals surface area contributed by atoms with E-state index in [1.807, 2.05) is 0 Å². The predicted octanol–water partition coefficient (Wildman–Crippen LogP) is -0.330. The maximum absolute atomic E-state index is 11.4.